The average Bonchev–Trinajstić information content (AvgIpc) is 2.06. The first kappa shape index (κ1) is 10.6. The molecule has 14 heavy (non-hydrogen) atoms. The largest absolute Gasteiger partial charge is 0.454 e. The fourth-order valence-electron chi connectivity index (χ4n) is 0.824. The highest BCUT2D eigenvalue weighted by atomic mass is 19.4. The first-order valence-corrected chi connectivity index (χ1v) is 3.39. The molecule has 0 aliphatic heterocycles. The summed E-state index contributed by atoms with van der Waals surface area (Å²) in [6.07, 6.45) is -5.20. The molecule has 0 amide bonds. The van der Waals surface area contributed by atoms with E-state index in [1.165, 1.54) is 0 Å². The van der Waals surface area contributed by atoms with Crippen molar-refractivity contribution in [3.05, 3.63) is 35.4 Å². The summed E-state index contributed by atoms with van der Waals surface area (Å²) in [7, 11) is 0. The van der Waals surface area contributed by atoms with Crippen molar-refractivity contribution >= 4 is 5.78 Å². The van der Waals surface area contributed by atoms with Crippen molar-refractivity contribution in [2.24, 2.45) is 0 Å². The first-order chi connectivity index (χ1) is 6.32. The van der Waals surface area contributed by atoms with Gasteiger partial charge >= 0.3 is 6.18 Å². The third-order valence-electron chi connectivity index (χ3n) is 1.43. The van der Waals surface area contributed by atoms with Crippen LogP contribution in [0.25, 0.3) is 0 Å². The summed E-state index contributed by atoms with van der Waals surface area (Å²) in [6, 6.07) is 1.31. The van der Waals surface area contributed by atoms with E-state index in [0.29, 0.717) is 12.1 Å². The topological polar surface area (TPSA) is 17.1 Å². The maximum atomic E-state index is 12.7. The molecule has 0 saturated carbocycles. The highest BCUT2D eigenvalue weighted by Crippen LogP contribution is 2.23. The van der Waals surface area contributed by atoms with Gasteiger partial charge in [0, 0.05) is 0 Å². The molecule has 1 rings (SSSR count). The molecule has 0 aliphatic rings. The molecule has 1 aromatic carbocycles. The van der Waals surface area contributed by atoms with Crippen molar-refractivity contribution in [2.45, 2.75) is 6.18 Å². The summed E-state index contributed by atoms with van der Waals surface area (Å²) in [5, 5.41) is 0. The summed E-state index contributed by atoms with van der Waals surface area (Å²) in [5.41, 5.74) is -1.31. The van der Waals surface area contributed by atoms with Crippen LogP contribution in [-0.2, 0) is 0 Å². The number of hydrogen-bond donors (Lipinski definition) is 0. The molecule has 0 heterocycles. The van der Waals surface area contributed by atoms with E-state index in [1.54, 1.807) is 0 Å². The minimum atomic E-state index is -5.20. The van der Waals surface area contributed by atoms with Gasteiger partial charge in [0.15, 0.2) is 0 Å². The Kier molecular flexibility index (Phi) is 2.55. The van der Waals surface area contributed by atoms with Gasteiger partial charge in [-0.05, 0) is 18.2 Å². The molecular weight excluding hydrogens is 207 g/mol. The molecule has 1 nitrogen and oxygen atoms in total. The molecule has 0 atom stereocenters. The van der Waals surface area contributed by atoms with Gasteiger partial charge < -0.3 is 0 Å². The van der Waals surface area contributed by atoms with Gasteiger partial charge in [-0.15, -0.1) is 0 Å². The smallest absolute Gasteiger partial charge is 0.284 e. The molecule has 0 aliphatic carbocycles. The second kappa shape index (κ2) is 3.36. The van der Waals surface area contributed by atoms with Gasteiger partial charge in [-0.25, -0.2) is 8.78 Å². The Morgan fingerprint density at radius 1 is 1.14 bits per heavy atom. The molecule has 0 aromatic heterocycles. The Morgan fingerprint density at radius 2 is 1.71 bits per heavy atom. The Balaban J connectivity index is 3.19. The molecular formula is C8H3F5O. The Morgan fingerprint density at radius 3 is 2.21 bits per heavy atom. The normalized spacial score (nSPS) is 11.5. The number of ketones is 1. The minimum Gasteiger partial charge on any atom is -0.284 e. The first-order valence-electron chi connectivity index (χ1n) is 3.39. The van der Waals surface area contributed by atoms with Crippen LogP contribution in [0.1, 0.15) is 10.4 Å². The van der Waals surface area contributed by atoms with E-state index in [4.69, 9.17) is 0 Å². The Hall–Kier alpha value is -1.46. The minimum absolute atomic E-state index is 0.213. The third kappa shape index (κ3) is 2.07. The van der Waals surface area contributed by atoms with Crippen LogP contribution in [0.2, 0.25) is 0 Å². The van der Waals surface area contributed by atoms with Crippen LogP contribution in [0.4, 0.5) is 22.0 Å². The van der Waals surface area contributed by atoms with Crippen molar-refractivity contribution in [1.29, 1.82) is 0 Å². The third-order valence-corrected chi connectivity index (χ3v) is 1.43. The highest BCUT2D eigenvalue weighted by Gasteiger charge is 2.40. The van der Waals surface area contributed by atoms with Crippen LogP contribution in [-0.4, -0.2) is 12.0 Å². The summed E-state index contributed by atoms with van der Waals surface area (Å²) in [5.74, 6) is -4.89. The van der Waals surface area contributed by atoms with Gasteiger partial charge in [-0.1, -0.05) is 0 Å². The number of rotatable bonds is 1. The van der Waals surface area contributed by atoms with E-state index >= 15 is 0 Å². The standard InChI is InChI=1S/C8H3F5O/c9-4-1-2-6(10)5(3-4)7(14)8(11,12)13/h1-3H. The van der Waals surface area contributed by atoms with E-state index < -0.39 is 29.2 Å². The van der Waals surface area contributed by atoms with Crippen LogP contribution >= 0.6 is 0 Å². The predicted octanol–water partition coefficient (Wildman–Crippen LogP) is 2.71. The molecule has 0 radical (unpaired) electrons. The van der Waals surface area contributed by atoms with Crippen molar-refractivity contribution in [2.75, 3.05) is 0 Å². The molecule has 0 bridgehead atoms. The zero-order chi connectivity index (χ0) is 10.9. The van der Waals surface area contributed by atoms with Crippen molar-refractivity contribution in [3.63, 3.8) is 0 Å². The van der Waals surface area contributed by atoms with Gasteiger partial charge in [0.1, 0.15) is 11.6 Å². The van der Waals surface area contributed by atoms with Crippen LogP contribution in [0.15, 0.2) is 18.2 Å². The maximum absolute atomic E-state index is 12.7. The molecule has 0 saturated heterocycles. The van der Waals surface area contributed by atoms with Gasteiger partial charge in [0.25, 0.3) is 5.78 Å². The molecule has 0 unspecified atom stereocenters. The fourth-order valence-corrected chi connectivity index (χ4v) is 0.824. The van der Waals surface area contributed by atoms with Crippen molar-refractivity contribution in [1.82, 2.24) is 0 Å². The summed E-state index contributed by atoms with van der Waals surface area (Å²) in [4.78, 5) is 10.5. The predicted molar refractivity (Wildman–Crippen MR) is 36.7 cm³/mol. The molecule has 0 fully saturated rings. The van der Waals surface area contributed by atoms with E-state index in [0.717, 1.165) is 0 Å². The second-order valence-electron chi connectivity index (χ2n) is 2.45. The number of carbonyl (C=O) groups is 1. The van der Waals surface area contributed by atoms with Crippen LogP contribution in [0.3, 0.4) is 0 Å². The molecule has 1 aromatic rings. The number of carbonyl (C=O) groups excluding carboxylic acids is 1. The Labute approximate surface area is 75.2 Å². The molecule has 6 heteroatoms. The number of halogens is 5. The van der Waals surface area contributed by atoms with Crippen LogP contribution in [0, 0.1) is 11.6 Å². The molecule has 0 N–H and O–H groups in total. The second-order valence-corrected chi connectivity index (χ2v) is 2.45. The van der Waals surface area contributed by atoms with E-state index in [2.05, 4.69) is 0 Å². The monoisotopic (exact) mass is 210 g/mol. The van der Waals surface area contributed by atoms with Crippen LogP contribution in [0.5, 0.6) is 0 Å². The van der Waals surface area contributed by atoms with Crippen LogP contribution < -0.4 is 0 Å². The van der Waals surface area contributed by atoms with Crippen molar-refractivity contribution in [3.8, 4) is 0 Å². The Bertz CT molecular complexity index is 368. The highest BCUT2D eigenvalue weighted by molar-refractivity contribution is 6.00. The molecule has 76 valence electrons. The average molecular weight is 210 g/mol. The number of hydrogen-bond acceptors (Lipinski definition) is 1. The summed E-state index contributed by atoms with van der Waals surface area (Å²) < 4.78 is 60.5. The summed E-state index contributed by atoms with van der Waals surface area (Å²) in [6.45, 7) is 0. The lowest BCUT2D eigenvalue weighted by Gasteiger charge is -2.05. The lowest BCUT2D eigenvalue weighted by atomic mass is 10.1. The van der Waals surface area contributed by atoms with E-state index in [-0.39, 0.29) is 6.07 Å². The SMILES string of the molecule is O=C(c1cc(F)ccc1F)C(F)(F)F. The summed E-state index contributed by atoms with van der Waals surface area (Å²) >= 11 is 0. The van der Waals surface area contributed by atoms with Crippen molar-refractivity contribution < 1.29 is 26.7 Å². The van der Waals surface area contributed by atoms with Gasteiger partial charge in [0.2, 0.25) is 0 Å². The zero-order valence-corrected chi connectivity index (χ0v) is 6.53. The number of Topliss-reactive ketones (excluding diaryl/α,β-unsaturated/α-hetero) is 1. The quantitative estimate of drug-likeness (QED) is 0.514. The maximum Gasteiger partial charge on any atom is 0.454 e. The lowest BCUT2D eigenvalue weighted by Crippen LogP contribution is -2.23. The molecule has 0 spiro atoms. The van der Waals surface area contributed by atoms with E-state index in [1.807, 2.05) is 0 Å². The fraction of sp³-hybridized carbons (Fsp3) is 0.125. The zero-order valence-electron chi connectivity index (χ0n) is 6.53. The number of benzene rings is 1. The van der Waals surface area contributed by atoms with Gasteiger partial charge in [0.05, 0.1) is 5.56 Å². The van der Waals surface area contributed by atoms with Gasteiger partial charge in [-0.3, -0.25) is 4.79 Å². The number of alkyl halides is 3. The lowest BCUT2D eigenvalue weighted by molar-refractivity contribution is -0.0887. The van der Waals surface area contributed by atoms with Gasteiger partial charge in [-0.2, -0.15) is 13.2 Å². The van der Waals surface area contributed by atoms with E-state index in [9.17, 15) is 26.7 Å².